The molecule has 2 atom stereocenters. The molecule has 2 fully saturated rings. The minimum atomic E-state index is -1.00. The number of carbonyl (C=O) groups excluding carboxylic acids is 1. The van der Waals surface area contributed by atoms with Crippen LogP contribution in [0.1, 0.15) is 32.1 Å². The fourth-order valence-electron chi connectivity index (χ4n) is 3.20. The number of hydrogen-bond acceptors (Lipinski definition) is 3. The Balaban J connectivity index is 2.01. The van der Waals surface area contributed by atoms with Crippen LogP contribution in [-0.2, 0) is 14.4 Å². The first-order valence-corrected chi connectivity index (χ1v) is 6.19. The Kier molecular flexibility index (Phi) is 3.28. The normalized spacial score (nSPS) is 30.2. The van der Waals surface area contributed by atoms with Crippen LogP contribution in [0.4, 0.5) is 0 Å². The van der Waals surface area contributed by atoms with Crippen LogP contribution in [-0.4, -0.2) is 46.0 Å². The van der Waals surface area contributed by atoms with Crippen LogP contribution in [0.3, 0.4) is 0 Å². The summed E-state index contributed by atoms with van der Waals surface area (Å²) in [6.45, 7) is 0.705. The third-order valence-corrected chi connectivity index (χ3v) is 4.20. The van der Waals surface area contributed by atoms with Gasteiger partial charge in [0.15, 0.2) is 0 Å². The van der Waals surface area contributed by atoms with E-state index in [-0.39, 0.29) is 31.2 Å². The summed E-state index contributed by atoms with van der Waals surface area (Å²) >= 11 is 0. The second kappa shape index (κ2) is 4.59. The van der Waals surface area contributed by atoms with Crippen LogP contribution >= 0.6 is 0 Å². The summed E-state index contributed by atoms with van der Waals surface area (Å²) in [6, 6.07) is 0. The summed E-state index contributed by atoms with van der Waals surface area (Å²) in [5, 5.41) is 17.9. The zero-order chi connectivity index (χ0) is 13.3. The molecule has 2 aliphatic rings. The molecular formula is C12H17NO5. The van der Waals surface area contributed by atoms with E-state index < -0.39 is 17.4 Å². The maximum Gasteiger partial charge on any atom is 0.311 e. The van der Waals surface area contributed by atoms with Gasteiger partial charge < -0.3 is 15.1 Å². The summed E-state index contributed by atoms with van der Waals surface area (Å²) in [5.74, 6) is -2.04. The van der Waals surface area contributed by atoms with E-state index in [1.807, 2.05) is 0 Å². The molecule has 2 rings (SSSR count). The van der Waals surface area contributed by atoms with E-state index in [0.717, 1.165) is 12.8 Å². The largest absolute Gasteiger partial charge is 0.481 e. The Morgan fingerprint density at radius 3 is 2.50 bits per heavy atom. The Hall–Kier alpha value is -1.59. The first kappa shape index (κ1) is 12.9. The monoisotopic (exact) mass is 255 g/mol. The Labute approximate surface area is 105 Å². The molecule has 0 aromatic heterocycles. The standard InChI is InChI=1S/C12H17NO5/c14-9(3-4-10(15)16)13-6-8-2-1-5-12(8,7-13)11(17)18/h8H,1-7H2,(H,15,16)(H,17,18)/t8-,12+/m0/s1. The fourth-order valence-corrected chi connectivity index (χ4v) is 3.20. The van der Waals surface area contributed by atoms with E-state index in [1.54, 1.807) is 0 Å². The number of fused-ring (bicyclic) bond motifs is 1. The number of hydrogen-bond donors (Lipinski definition) is 2. The average molecular weight is 255 g/mol. The molecule has 0 bridgehead atoms. The summed E-state index contributed by atoms with van der Waals surface area (Å²) in [4.78, 5) is 35.2. The Bertz CT molecular complexity index is 394. The van der Waals surface area contributed by atoms with Gasteiger partial charge in [-0.15, -0.1) is 0 Å². The second-order valence-corrected chi connectivity index (χ2v) is 5.22. The summed E-state index contributed by atoms with van der Waals surface area (Å²) in [6.07, 6.45) is 2.12. The van der Waals surface area contributed by atoms with Crippen molar-refractivity contribution in [2.45, 2.75) is 32.1 Å². The highest BCUT2D eigenvalue weighted by atomic mass is 16.4. The predicted octanol–water partition coefficient (Wildman–Crippen LogP) is 0.565. The van der Waals surface area contributed by atoms with Crippen molar-refractivity contribution in [1.82, 2.24) is 4.90 Å². The molecule has 1 aliphatic carbocycles. The minimum Gasteiger partial charge on any atom is -0.481 e. The molecule has 1 aliphatic heterocycles. The SMILES string of the molecule is O=C(O)CCC(=O)N1C[C@@H]2CCC[C@@]2(C(=O)O)C1. The van der Waals surface area contributed by atoms with Crippen molar-refractivity contribution in [3.8, 4) is 0 Å². The molecule has 0 spiro atoms. The summed E-state index contributed by atoms with van der Waals surface area (Å²) in [7, 11) is 0. The molecule has 18 heavy (non-hydrogen) atoms. The van der Waals surface area contributed by atoms with Gasteiger partial charge in [-0.05, 0) is 18.8 Å². The maximum absolute atomic E-state index is 11.8. The molecule has 6 heteroatoms. The second-order valence-electron chi connectivity index (χ2n) is 5.22. The smallest absolute Gasteiger partial charge is 0.311 e. The van der Waals surface area contributed by atoms with Gasteiger partial charge in [-0.2, -0.15) is 0 Å². The molecule has 2 N–H and O–H groups in total. The zero-order valence-corrected chi connectivity index (χ0v) is 10.1. The van der Waals surface area contributed by atoms with Gasteiger partial charge in [0.2, 0.25) is 5.91 Å². The van der Waals surface area contributed by atoms with E-state index in [0.29, 0.717) is 13.0 Å². The molecule has 0 aromatic carbocycles. The van der Waals surface area contributed by atoms with Crippen LogP contribution in [0, 0.1) is 11.3 Å². The molecule has 0 unspecified atom stereocenters. The summed E-state index contributed by atoms with van der Waals surface area (Å²) in [5.41, 5.74) is -0.779. The van der Waals surface area contributed by atoms with Gasteiger partial charge in [0.1, 0.15) is 0 Å². The molecule has 1 saturated carbocycles. The summed E-state index contributed by atoms with van der Waals surface area (Å²) < 4.78 is 0. The predicted molar refractivity (Wildman–Crippen MR) is 60.9 cm³/mol. The third-order valence-electron chi connectivity index (χ3n) is 4.20. The fraction of sp³-hybridized carbons (Fsp3) is 0.750. The number of rotatable bonds is 4. The van der Waals surface area contributed by atoms with Crippen molar-refractivity contribution < 1.29 is 24.6 Å². The number of nitrogens with zero attached hydrogens (tertiary/aromatic N) is 1. The lowest BCUT2D eigenvalue weighted by Gasteiger charge is -2.23. The number of carboxylic acid groups (broad SMARTS) is 2. The highest BCUT2D eigenvalue weighted by molar-refractivity contribution is 5.83. The molecule has 0 radical (unpaired) electrons. The maximum atomic E-state index is 11.8. The van der Waals surface area contributed by atoms with E-state index in [9.17, 15) is 19.5 Å². The first-order chi connectivity index (χ1) is 8.45. The molecule has 100 valence electrons. The number of aliphatic carboxylic acids is 2. The van der Waals surface area contributed by atoms with Crippen molar-refractivity contribution in [1.29, 1.82) is 0 Å². The third kappa shape index (κ3) is 2.07. The van der Waals surface area contributed by atoms with Crippen LogP contribution in [0.5, 0.6) is 0 Å². The molecule has 1 amide bonds. The van der Waals surface area contributed by atoms with Gasteiger partial charge in [-0.25, -0.2) is 0 Å². The van der Waals surface area contributed by atoms with Gasteiger partial charge in [-0.3, -0.25) is 14.4 Å². The first-order valence-electron chi connectivity index (χ1n) is 6.19. The molecular weight excluding hydrogens is 238 g/mol. The van der Waals surface area contributed by atoms with E-state index in [2.05, 4.69) is 0 Å². The Morgan fingerprint density at radius 2 is 1.94 bits per heavy atom. The van der Waals surface area contributed by atoms with Crippen molar-refractivity contribution in [3.63, 3.8) is 0 Å². The Morgan fingerprint density at radius 1 is 1.22 bits per heavy atom. The number of likely N-dealkylation sites (tertiary alicyclic amines) is 1. The number of carbonyl (C=O) groups is 3. The van der Waals surface area contributed by atoms with Gasteiger partial charge in [0.25, 0.3) is 0 Å². The van der Waals surface area contributed by atoms with Crippen LogP contribution < -0.4 is 0 Å². The van der Waals surface area contributed by atoms with Crippen molar-refractivity contribution in [2.75, 3.05) is 13.1 Å². The van der Waals surface area contributed by atoms with Crippen LogP contribution in [0.2, 0.25) is 0 Å². The molecule has 1 saturated heterocycles. The quantitative estimate of drug-likeness (QED) is 0.765. The van der Waals surface area contributed by atoms with E-state index in [1.165, 1.54) is 4.90 Å². The average Bonchev–Trinajstić information content (AvgIpc) is 2.82. The molecule has 0 aromatic rings. The topological polar surface area (TPSA) is 94.9 Å². The van der Waals surface area contributed by atoms with Gasteiger partial charge in [-0.1, -0.05) is 6.42 Å². The van der Waals surface area contributed by atoms with Crippen molar-refractivity contribution in [2.24, 2.45) is 11.3 Å². The lowest BCUT2D eigenvalue weighted by atomic mass is 9.81. The van der Waals surface area contributed by atoms with Gasteiger partial charge in [0, 0.05) is 19.5 Å². The van der Waals surface area contributed by atoms with Crippen molar-refractivity contribution >= 4 is 17.8 Å². The van der Waals surface area contributed by atoms with E-state index >= 15 is 0 Å². The molecule has 6 nitrogen and oxygen atoms in total. The zero-order valence-electron chi connectivity index (χ0n) is 10.1. The van der Waals surface area contributed by atoms with Crippen LogP contribution in [0.25, 0.3) is 0 Å². The van der Waals surface area contributed by atoms with E-state index in [4.69, 9.17) is 5.11 Å². The minimum absolute atomic E-state index is 0.0313. The highest BCUT2D eigenvalue weighted by Crippen LogP contribution is 2.48. The molecule has 1 heterocycles. The van der Waals surface area contributed by atoms with Crippen molar-refractivity contribution in [3.05, 3.63) is 0 Å². The number of carboxylic acids is 2. The lowest BCUT2D eigenvalue weighted by molar-refractivity contribution is -0.150. The van der Waals surface area contributed by atoms with Crippen LogP contribution in [0.15, 0.2) is 0 Å². The number of amides is 1. The lowest BCUT2D eigenvalue weighted by Crippen LogP contribution is -2.37. The highest BCUT2D eigenvalue weighted by Gasteiger charge is 2.55. The van der Waals surface area contributed by atoms with Gasteiger partial charge in [0.05, 0.1) is 11.8 Å². The van der Waals surface area contributed by atoms with Gasteiger partial charge >= 0.3 is 11.9 Å².